The molecule has 1 heterocycles. The van der Waals surface area contributed by atoms with Gasteiger partial charge in [-0.05, 0) is 47.5 Å². The van der Waals surface area contributed by atoms with Crippen molar-refractivity contribution in [2.75, 3.05) is 0 Å². The minimum Gasteiger partial charge on any atom is -0.506 e. The Hall–Kier alpha value is -1.58. The number of H-pyrrole nitrogens is 1. The second-order valence-corrected chi connectivity index (χ2v) is 6.02. The van der Waals surface area contributed by atoms with Crippen LogP contribution in [0.5, 0.6) is 5.75 Å². The first-order valence-electron chi connectivity index (χ1n) is 5.68. The zero-order valence-corrected chi connectivity index (χ0v) is 13.9. The van der Waals surface area contributed by atoms with Crippen molar-refractivity contribution in [3.05, 3.63) is 48.3 Å². The average molecular weight is 398 g/mol. The first-order valence-corrected chi connectivity index (χ1v) is 7.27. The third kappa shape index (κ3) is 2.39. The van der Waals surface area contributed by atoms with Gasteiger partial charge in [-0.25, -0.2) is 0 Å². The van der Waals surface area contributed by atoms with Crippen LogP contribution in [0.15, 0.2) is 25.9 Å². The number of nitrogens with one attached hydrogen (secondary N) is 1. The molecule has 2 aromatic rings. The largest absolute Gasteiger partial charge is 0.506 e. The van der Waals surface area contributed by atoms with Crippen LogP contribution in [-0.2, 0) is 0 Å². The number of hydrogen-bond acceptors (Lipinski definition) is 3. The Morgan fingerprint density at radius 2 is 1.90 bits per heavy atom. The third-order valence-electron chi connectivity index (χ3n) is 2.99. The van der Waals surface area contributed by atoms with Crippen molar-refractivity contribution in [3.8, 4) is 22.9 Å². The van der Waals surface area contributed by atoms with Gasteiger partial charge < -0.3 is 10.1 Å². The molecule has 0 saturated carbocycles. The maximum atomic E-state index is 11.8. The molecule has 2 N–H and O–H groups in total. The summed E-state index contributed by atoms with van der Waals surface area (Å²) < 4.78 is 1.31. The lowest BCUT2D eigenvalue weighted by Gasteiger charge is -2.12. The smallest absolute Gasteiger partial charge is 0.266 e. The van der Waals surface area contributed by atoms with Gasteiger partial charge in [0.1, 0.15) is 17.4 Å². The molecule has 20 heavy (non-hydrogen) atoms. The van der Waals surface area contributed by atoms with Crippen LogP contribution in [0.3, 0.4) is 0 Å². The summed E-state index contributed by atoms with van der Waals surface area (Å²) in [4.78, 5) is 14.4. The molecule has 6 heteroatoms. The van der Waals surface area contributed by atoms with E-state index in [-0.39, 0.29) is 11.3 Å². The molecule has 0 saturated heterocycles. The van der Waals surface area contributed by atoms with E-state index in [0.29, 0.717) is 21.3 Å². The lowest BCUT2D eigenvalue weighted by molar-refractivity contribution is 0.473. The van der Waals surface area contributed by atoms with Crippen LogP contribution in [0.4, 0.5) is 0 Å². The molecular weight excluding hydrogens is 388 g/mol. The zero-order chi connectivity index (χ0) is 15.0. The van der Waals surface area contributed by atoms with E-state index < -0.39 is 5.56 Å². The van der Waals surface area contributed by atoms with Gasteiger partial charge in [-0.1, -0.05) is 15.9 Å². The van der Waals surface area contributed by atoms with Crippen LogP contribution < -0.4 is 5.56 Å². The van der Waals surface area contributed by atoms with Gasteiger partial charge in [-0.3, -0.25) is 4.79 Å². The summed E-state index contributed by atoms with van der Waals surface area (Å²) in [6, 6.07) is 5.25. The third-order valence-corrected chi connectivity index (χ3v) is 4.79. The minimum absolute atomic E-state index is 0.00667. The van der Waals surface area contributed by atoms with E-state index in [0.717, 1.165) is 10.0 Å². The molecule has 0 aliphatic rings. The summed E-state index contributed by atoms with van der Waals surface area (Å²) >= 11 is 6.71. The van der Waals surface area contributed by atoms with Gasteiger partial charge >= 0.3 is 0 Å². The Balaban J connectivity index is 2.90. The summed E-state index contributed by atoms with van der Waals surface area (Å²) in [5.74, 6) is 0.00667. The summed E-state index contributed by atoms with van der Waals surface area (Å²) in [6.07, 6.45) is 0. The van der Waals surface area contributed by atoms with Gasteiger partial charge in [0.2, 0.25) is 0 Å². The number of hydrogen-bond donors (Lipinski definition) is 2. The Labute approximate surface area is 132 Å². The molecule has 102 valence electrons. The van der Waals surface area contributed by atoms with Crippen LogP contribution in [0.1, 0.15) is 16.8 Å². The van der Waals surface area contributed by atoms with E-state index >= 15 is 0 Å². The summed E-state index contributed by atoms with van der Waals surface area (Å²) in [5, 5.41) is 19.4. The minimum atomic E-state index is -0.463. The van der Waals surface area contributed by atoms with Gasteiger partial charge in [0.25, 0.3) is 5.56 Å². The molecule has 1 aromatic carbocycles. The molecule has 0 aliphatic heterocycles. The number of phenols is 1. The molecule has 0 bridgehead atoms. The van der Waals surface area contributed by atoms with Crippen molar-refractivity contribution < 1.29 is 5.11 Å². The lowest BCUT2D eigenvalue weighted by atomic mass is 9.99. The molecule has 0 amide bonds. The second kappa shape index (κ2) is 5.43. The van der Waals surface area contributed by atoms with E-state index in [2.05, 4.69) is 36.8 Å². The molecule has 0 radical (unpaired) electrons. The first kappa shape index (κ1) is 14.8. The number of aromatic nitrogens is 1. The van der Waals surface area contributed by atoms with Crippen LogP contribution in [-0.4, -0.2) is 10.1 Å². The van der Waals surface area contributed by atoms with Gasteiger partial charge in [-0.15, -0.1) is 0 Å². The van der Waals surface area contributed by atoms with Gasteiger partial charge in [0.05, 0.1) is 4.47 Å². The number of halogens is 2. The standard InChI is InChI=1S/C14H10Br2N2O2/c1-6-3-8(10(5-17)14(20)18-6)9-4-11(15)7(2)12(16)13(9)19/h3-4,19H,1-2H3,(H,18,20). The summed E-state index contributed by atoms with van der Waals surface area (Å²) in [5.41, 5.74) is 1.82. The number of benzene rings is 1. The highest BCUT2D eigenvalue weighted by molar-refractivity contribution is 9.11. The normalized spacial score (nSPS) is 10.3. The number of aromatic amines is 1. The monoisotopic (exact) mass is 396 g/mol. The maximum Gasteiger partial charge on any atom is 0.266 e. The molecular formula is C14H10Br2N2O2. The molecule has 0 spiro atoms. The number of aryl methyl sites for hydroxylation is 1. The van der Waals surface area contributed by atoms with Crippen molar-refractivity contribution in [1.82, 2.24) is 4.98 Å². The molecule has 2 rings (SSSR count). The Kier molecular flexibility index (Phi) is 4.02. The quantitative estimate of drug-likeness (QED) is 0.768. The van der Waals surface area contributed by atoms with E-state index in [9.17, 15) is 9.90 Å². The lowest BCUT2D eigenvalue weighted by Crippen LogP contribution is -2.12. The molecule has 4 nitrogen and oxygen atoms in total. The second-order valence-electron chi connectivity index (χ2n) is 4.38. The predicted molar refractivity (Wildman–Crippen MR) is 83.8 cm³/mol. The molecule has 0 aliphatic carbocycles. The van der Waals surface area contributed by atoms with Crippen molar-refractivity contribution in [2.45, 2.75) is 13.8 Å². The number of aromatic hydroxyl groups is 1. The van der Waals surface area contributed by atoms with Crippen LogP contribution in [0.25, 0.3) is 11.1 Å². The topological polar surface area (TPSA) is 76.9 Å². The van der Waals surface area contributed by atoms with Crippen LogP contribution in [0, 0.1) is 25.2 Å². The van der Waals surface area contributed by atoms with E-state index in [1.807, 2.05) is 13.0 Å². The Bertz CT molecular complexity index is 804. The number of nitrogens with zero attached hydrogens (tertiary/aromatic N) is 1. The van der Waals surface area contributed by atoms with E-state index in [1.165, 1.54) is 0 Å². The van der Waals surface area contributed by atoms with Crippen LogP contribution >= 0.6 is 31.9 Å². The molecule has 0 fully saturated rings. The zero-order valence-electron chi connectivity index (χ0n) is 10.7. The highest BCUT2D eigenvalue weighted by atomic mass is 79.9. The highest BCUT2D eigenvalue weighted by Crippen LogP contribution is 2.41. The van der Waals surface area contributed by atoms with Gasteiger partial charge in [-0.2, -0.15) is 5.26 Å². The fraction of sp³-hybridized carbons (Fsp3) is 0.143. The SMILES string of the molecule is Cc1cc(-c2cc(Br)c(C)c(Br)c2O)c(C#N)c(=O)[nH]1. The van der Waals surface area contributed by atoms with Crippen molar-refractivity contribution in [2.24, 2.45) is 0 Å². The van der Waals surface area contributed by atoms with Crippen LogP contribution in [0.2, 0.25) is 0 Å². The summed E-state index contributed by atoms with van der Waals surface area (Å²) in [7, 11) is 0. The van der Waals surface area contributed by atoms with Crippen molar-refractivity contribution >= 4 is 31.9 Å². The van der Waals surface area contributed by atoms with Gasteiger partial charge in [0, 0.05) is 21.3 Å². The maximum absolute atomic E-state index is 11.8. The fourth-order valence-electron chi connectivity index (χ4n) is 1.92. The summed E-state index contributed by atoms with van der Waals surface area (Å²) in [6.45, 7) is 3.56. The van der Waals surface area contributed by atoms with E-state index in [4.69, 9.17) is 5.26 Å². The fourth-order valence-corrected chi connectivity index (χ4v) is 3.04. The number of phenolic OH excluding ortho intramolecular Hbond substituents is 1. The Morgan fingerprint density at radius 1 is 1.25 bits per heavy atom. The van der Waals surface area contributed by atoms with Crippen molar-refractivity contribution in [3.63, 3.8) is 0 Å². The Morgan fingerprint density at radius 3 is 2.50 bits per heavy atom. The molecule has 0 unspecified atom stereocenters. The molecule has 1 aromatic heterocycles. The highest BCUT2D eigenvalue weighted by Gasteiger charge is 2.18. The number of rotatable bonds is 1. The predicted octanol–water partition coefficient (Wildman–Crippen LogP) is 3.76. The molecule has 0 atom stereocenters. The van der Waals surface area contributed by atoms with E-state index in [1.54, 1.807) is 19.1 Å². The number of pyridine rings is 1. The first-order chi connectivity index (χ1) is 9.36. The average Bonchev–Trinajstić information content (AvgIpc) is 2.39. The number of nitriles is 1. The van der Waals surface area contributed by atoms with Crippen molar-refractivity contribution in [1.29, 1.82) is 5.26 Å². The van der Waals surface area contributed by atoms with Gasteiger partial charge in [0.15, 0.2) is 0 Å².